The van der Waals surface area contributed by atoms with Crippen molar-refractivity contribution in [2.24, 2.45) is 7.05 Å². The van der Waals surface area contributed by atoms with Crippen LogP contribution in [0.25, 0.3) is 0 Å². The smallest absolute Gasteiger partial charge is 0.254 e. The maximum absolute atomic E-state index is 12.5. The molecule has 3 heterocycles. The molecular weight excluding hydrogens is 322 g/mol. The Morgan fingerprint density at radius 1 is 1.28 bits per heavy atom. The van der Waals surface area contributed by atoms with Gasteiger partial charge in [0.15, 0.2) is 5.82 Å². The molecule has 3 rings (SSSR count). The number of carbonyl (C=O) groups is 1. The number of hydrogen-bond acceptors (Lipinski definition) is 6. The van der Waals surface area contributed by atoms with Gasteiger partial charge in [0.2, 0.25) is 5.89 Å². The maximum atomic E-state index is 12.5. The quantitative estimate of drug-likeness (QED) is 0.817. The van der Waals surface area contributed by atoms with E-state index in [-0.39, 0.29) is 17.4 Å². The Bertz CT molecular complexity index is 803. The highest BCUT2D eigenvalue weighted by atomic mass is 16.5. The van der Waals surface area contributed by atoms with Crippen molar-refractivity contribution < 1.29 is 9.32 Å². The highest BCUT2D eigenvalue weighted by Gasteiger charge is 2.23. The molecule has 0 N–H and O–H groups in total. The molecule has 1 saturated heterocycles. The third-order valence-electron chi connectivity index (χ3n) is 4.37. The molecule has 2 aromatic heterocycles. The van der Waals surface area contributed by atoms with Crippen molar-refractivity contribution in [1.29, 1.82) is 0 Å². The van der Waals surface area contributed by atoms with Gasteiger partial charge in [-0.15, -0.1) is 0 Å². The fourth-order valence-corrected chi connectivity index (χ4v) is 2.73. The Balaban J connectivity index is 1.56. The highest BCUT2D eigenvalue weighted by molar-refractivity contribution is 5.94. The minimum Gasteiger partial charge on any atom is -0.338 e. The zero-order valence-corrected chi connectivity index (χ0v) is 14.8. The second-order valence-electron chi connectivity index (χ2n) is 6.63. The molecule has 0 saturated carbocycles. The number of aromatic nitrogens is 3. The number of nitrogens with zero attached hydrogens (tertiary/aromatic N) is 5. The first-order chi connectivity index (χ1) is 11.9. The average molecular weight is 345 g/mol. The van der Waals surface area contributed by atoms with Crippen molar-refractivity contribution in [3.8, 4) is 0 Å². The van der Waals surface area contributed by atoms with E-state index in [4.69, 9.17) is 4.52 Å². The molecule has 0 aliphatic carbocycles. The van der Waals surface area contributed by atoms with Crippen LogP contribution in [-0.2, 0) is 13.6 Å². The average Bonchev–Trinajstić information content (AvgIpc) is 3.06. The van der Waals surface area contributed by atoms with Gasteiger partial charge in [-0.1, -0.05) is 19.0 Å². The lowest BCUT2D eigenvalue weighted by Crippen LogP contribution is -2.48. The molecule has 1 fully saturated rings. The third-order valence-corrected chi connectivity index (χ3v) is 4.37. The van der Waals surface area contributed by atoms with Crippen molar-refractivity contribution in [3.05, 3.63) is 46.0 Å². The van der Waals surface area contributed by atoms with Crippen molar-refractivity contribution in [2.45, 2.75) is 26.3 Å². The molecule has 134 valence electrons. The summed E-state index contributed by atoms with van der Waals surface area (Å²) >= 11 is 0. The van der Waals surface area contributed by atoms with Crippen LogP contribution in [0.5, 0.6) is 0 Å². The van der Waals surface area contributed by atoms with Gasteiger partial charge in [0.25, 0.3) is 11.5 Å². The number of aryl methyl sites for hydroxylation is 1. The van der Waals surface area contributed by atoms with E-state index in [0.717, 1.165) is 18.9 Å². The number of amides is 1. The molecule has 8 nitrogen and oxygen atoms in total. The molecule has 0 aromatic carbocycles. The Labute approximate surface area is 146 Å². The number of hydrogen-bond donors (Lipinski definition) is 0. The summed E-state index contributed by atoms with van der Waals surface area (Å²) < 4.78 is 6.73. The van der Waals surface area contributed by atoms with E-state index in [0.29, 0.717) is 31.1 Å². The molecule has 1 amide bonds. The lowest BCUT2D eigenvalue weighted by molar-refractivity contribution is 0.0615. The molecule has 25 heavy (non-hydrogen) atoms. The molecule has 1 aliphatic heterocycles. The second kappa shape index (κ2) is 7.18. The summed E-state index contributed by atoms with van der Waals surface area (Å²) in [7, 11) is 1.66. The molecule has 0 bridgehead atoms. The SMILES string of the molecule is CC(C)c1noc(CN2CCN(C(=O)c3ccn(C)c(=O)c3)CC2)n1. The lowest BCUT2D eigenvalue weighted by atomic mass is 10.2. The van der Waals surface area contributed by atoms with Crippen LogP contribution >= 0.6 is 0 Å². The molecular formula is C17H23N5O3. The zero-order chi connectivity index (χ0) is 18.0. The van der Waals surface area contributed by atoms with Gasteiger partial charge in [-0.25, -0.2) is 0 Å². The summed E-state index contributed by atoms with van der Waals surface area (Å²) in [5, 5.41) is 3.97. The molecule has 2 aromatic rings. The normalized spacial score (nSPS) is 15.8. The standard InChI is InChI=1S/C17H23N5O3/c1-12(2)16-18-14(25-19-16)11-21-6-8-22(9-7-21)17(24)13-4-5-20(3)15(23)10-13/h4-5,10,12H,6-9,11H2,1-3H3. The Hall–Kier alpha value is -2.48. The molecule has 0 atom stereocenters. The predicted molar refractivity (Wildman–Crippen MR) is 91.3 cm³/mol. The summed E-state index contributed by atoms with van der Waals surface area (Å²) in [6.07, 6.45) is 1.62. The van der Waals surface area contributed by atoms with Crippen LogP contribution in [0.2, 0.25) is 0 Å². The summed E-state index contributed by atoms with van der Waals surface area (Å²) in [5.74, 6) is 1.47. The van der Waals surface area contributed by atoms with Crippen LogP contribution < -0.4 is 5.56 Å². The van der Waals surface area contributed by atoms with E-state index >= 15 is 0 Å². The van der Waals surface area contributed by atoms with Crippen molar-refractivity contribution in [2.75, 3.05) is 26.2 Å². The van der Waals surface area contributed by atoms with E-state index < -0.39 is 0 Å². The van der Waals surface area contributed by atoms with E-state index in [2.05, 4.69) is 15.0 Å². The molecule has 1 aliphatic rings. The van der Waals surface area contributed by atoms with Gasteiger partial charge < -0.3 is 14.0 Å². The minimum atomic E-state index is -0.179. The molecule has 0 radical (unpaired) electrons. The van der Waals surface area contributed by atoms with Crippen LogP contribution in [0, 0.1) is 0 Å². The van der Waals surface area contributed by atoms with E-state index in [1.54, 1.807) is 24.2 Å². The van der Waals surface area contributed by atoms with Gasteiger partial charge >= 0.3 is 0 Å². The molecule has 0 unspecified atom stereocenters. The Morgan fingerprint density at radius 3 is 2.60 bits per heavy atom. The van der Waals surface area contributed by atoms with Gasteiger partial charge in [0.1, 0.15) is 0 Å². The van der Waals surface area contributed by atoms with Crippen LogP contribution in [0.1, 0.15) is 41.8 Å². The molecule has 0 spiro atoms. The first kappa shape index (κ1) is 17.3. The highest BCUT2D eigenvalue weighted by Crippen LogP contribution is 2.13. The van der Waals surface area contributed by atoms with E-state index in [1.165, 1.54) is 10.6 Å². The summed E-state index contributed by atoms with van der Waals surface area (Å²) in [4.78, 5) is 32.6. The minimum absolute atomic E-state index is 0.0998. The first-order valence-corrected chi connectivity index (χ1v) is 8.45. The number of pyridine rings is 1. The fraction of sp³-hybridized carbons (Fsp3) is 0.529. The van der Waals surface area contributed by atoms with Crippen molar-refractivity contribution in [3.63, 3.8) is 0 Å². The summed E-state index contributed by atoms with van der Waals surface area (Å²) in [6, 6.07) is 3.07. The number of rotatable bonds is 4. The van der Waals surface area contributed by atoms with Gasteiger partial charge in [0.05, 0.1) is 6.54 Å². The van der Waals surface area contributed by atoms with Crippen LogP contribution in [-0.4, -0.2) is 56.6 Å². The summed E-state index contributed by atoms with van der Waals surface area (Å²) in [6.45, 7) is 7.32. The van der Waals surface area contributed by atoms with Crippen molar-refractivity contribution >= 4 is 5.91 Å². The van der Waals surface area contributed by atoms with Gasteiger partial charge in [-0.2, -0.15) is 4.98 Å². The predicted octanol–water partition coefficient (Wildman–Crippen LogP) is 0.850. The second-order valence-corrected chi connectivity index (χ2v) is 6.63. The number of carbonyl (C=O) groups excluding carboxylic acids is 1. The third kappa shape index (κ3) is 3.96. The Kier molecular flexibility index (Phi) is 4.98. The topological polar surface area (TPSA) is 84.5 Å². The van der Waals surface area contributed by atoms with Gasteiger partial charge in [0, 0.05) is 57.0 Å². The van der Waals surface area contributed by atoms with Gasteiger partial charge in [-0.3, -0.25) is 14.5 Å². The lowest BCUT2D eigenvalue weighted by Gasteiger charge is -2.34. The van der Waals surface area contributed by atoms with E-state index in [9.17, 15) is 9.59 Å². The maximum Gasteiger partial charge on any atom is 0.254 e. The number of piperazine rings is 1. The fourth-order valence-electron chi connectivity index (χ4n) is 2.73. The van der Waals surface area contributed by atoms with Crippen LogP contribution in [0.4, 0.5) is 0 Å². The van der Waals surface area contributed by atoms with Gasteiger partial charge in [-0.05, 0) is 6.07 Å². The van der Waals surface area contributed by atoms with Crippen LogP contribution in [0.15, 0.2) is 27.6 Å². The monoisotopic (exact) mass is 345 g/mol. The first-order valence-electron chi connectivity index (χ1n) is 8.45. The van der Waals surface area contributed by atoms with Crippen molar-refractivity contribution in [1.82, 2.24) is 24.5 Å². The Morgan fingerprint density at radius 2 is 2.00 bits per heavy atom. The molecule has 8 heteroatoms. The van der Waals surface area contributed by atoms with Crippen LogP contribution in [0.3, 0.4) is 0 Å². The van der Waals surface area contributed by atoms with E-state index in [1.807, 2.05) is 13.8 Å². The summed E-state index contributed by atoms with van der Waals surface area (Å²) in [5.41, 5.74) is 0.261. The zero-order valence-electron chi connectivity index (χ0n) is 14.8. The largest absolute Gasteiger partial charge is 0.338 e.